The van der Waals surface area contributed by atoms with Crippen LogP contribution in [0, 0.1) is 5.82 Å². The van der Waals surface area contributed by atoms with Gasteiger partial charge in [0.2, 0.25) is 0 Å². The summed E-state index contributed by atoms with van der Waals surface area (Å²) in [6, 6.07) is 12.7. The fraction of sp³-hybridized carbons (Fsp3) is 0.300. The predicted octanol–water partition coefficient (Wildman–Crippen LogP) is 2.16. The van der Waals surface area contributed by atoms with Gasteiger partial charge in [0, 0.05) is 6.54 Å². The molecule has 0 aliphatic carbocycles. The molecule has 2 aromatic rings. The molecule has 0 fully saturated rings. The number of carbonyl (C=O) groups excluding carboxylic acids is 1. The molecular weight excluding hydrogens is 369 g/mol. The van der Waals surface area contributed by atoms with Gasteiger partial charge in [0.1, 0.15) is 18.5 Å². The molecule has 2 unspecified atom stereocenters. The van der Waals surface area contributed by atoms with Crippen LogP contribution >= 0.6 is 0 Å². The van der Waals surface area contributed by atoms with Crippen molar-refractivity contribution in [2.75, 3.05) is 6.54 Å². The standard InChI is InChI=1S/C20H22FNO6/c21-16-7-6-14(10-15(16)11-18(24)25)19(26)17(23)8-9-22-20(27)28-12-13-4-2-1-3-5-13/h1-7,10,17,19,23,26H,8-9,11-12H2,(H,22,27)(H,24,25). The SMILES string of the molecule is O=C(O)Cc1cc(C(O)C(O)CCNC(=O)OCc2ccccc2)ccc1F. The first-order chi connectivity index (χ1) is 13.4. The lowest BCUT2D eigenvalue weighted by atomic mass is 9.99. The number of carboxylic acids is 1. The minimum atomic E-state index is -1.35. The van der Waals surface area contributed by atoms with Crippen molar-refractivity contribution in [1.29, 1.82) is 0 Å². The quantitative estimate of drug-likeness (QED) is 0.521. The van der Waals surface area contributed by atoms with Crippen LogP contribution < -0.4 is 5.32 Å². The Morgan fingerprint density at radius 2 is 1.82 bits per heavy atom. The van der Waals surface area contributed by atoms with Crippen LogP contribution in [0.2, 0.25) is 0 Å². The largest absolute Gasteiger partial charge is 0.481 e. The summed E-state index contributed by atoms with van der Waals surface area (Å²) >= 11 is 0. The van der Waals surface area contributed by atoms with Gasteiger partial charge in [-0.25, -0.2) is 9.18 Å². The number of rotatable bonds is 9. The average Bonchev–Trinajstić information content (AvgIpc) is 2.68. The second-order valence-corrected chi connectivity index (χ2v) is 6.21. The highest BCUT2D eigenvalue weighted by atomic mass is 19.1. The molecular formula is C20H22FNO6. The molecule has 28 heavy (non-hydrogen) atoms. The number of alkyl carbamates (subject to hydrolysis) is 1. The highest BCUT2D eigenvalue weighted by Crippen LogP contribution is 2.22. The number of amides is 1. The van der Waals surface area contributed by atoms with Crippen LogP contribution in [-0.2, 0) is 22.6 Å². The van der Waals surface area contributed by atoms with Crippen LogP contribution in [0.1, 0.15) is 29.2 Å². The van der Waals surface area contributed by atoms with Crippen LogP contribution in [-0.4, -0.2) is 40.0 Å². The number of carbonyl (C=O) groups is 2. The summed E-state index contributed by atoms with van der Waals surface area (Å²) in [7, 11) is 0. The number of hydrogen-bond acceptors (Lipinski definition) is 5. The molecule has 0 saturated heterocycles. The Bertz CT molecular complexity index is 799. The Hall–Kier alpha value is -2.97. The van der Waals surface area contributed by atoms with Gasteiger partial charge in [-0.05, 0) is 35.2 Å². The Labute approximate surface area is 161 Å². The average molecular weight is 391 g/mol. The number of hydrogen-bond donors (Lipinski definition) is 4. The number of ether oxygens (including phenoxy) is 1. The lowest BCUT2D eigenvalue weighted by molar-refractivity contribution is -0.136. The molecule has 7 nitrogen and oxygen atoms in total. The first kappa shape index (κ1) is 21.3. The van der Waals surface area contributed by atoms with Crippen molar-refractivity contribution in [3.63, 3.8) is 0 Å². The van der Waals surface area contributed by atoms with Gasteiger partial charge in [0.05, 0.1) is 12.5 Å². The number of aliphatic carboxylic acids is 1. The van der Waals surface area contributed by atoms with E-state index in [4.69, 9.17) is 9.84 Å². The first-order valence-corrected chi connectivity index (χ1v) is 8.67. The second-order valence-electron chi connectivity index (χ2n) is 6.21. The molecule has 0 aliphatic rings. The molecule has 0 saturated carbocycles. The van der Waals surface area contributed by atoms with Crippen LogP contribution in [0.25, 0.3) is 0 Å². The van der Waals surface area contributed by atoms with E-state index in [1.54, 1.807) is 0 Å². The normalized spacial score (nSPS) is 12.8. The van der Waals surface area contributed by atoms with E-state index in [9.17, 15) is 24.2 Å². The van der Waals surface area contributed by atoms with Crippen molar-refractivity contribution in [3.8, 4) is 0 Å². The molecule has 0 aliphatic heterocycles. The summed E-state index contributed by atoms with van der Waals surface area (Å²) in [6.45, 7) is 0.162. The summed E-state index contributed by atoms with van der Waals surface area (Å²) in [6.07, 6.45) is -3.76. The highest BCUT2D eigenvalue weighted by Gasteiger charge is 2.20. The molecule has 2 rings (SSSR count). The molecule has 2 aromatic carbocycles. The lowest BCUT2D eigenvalue weighted by Crippen LogP contribution is -2.29. The van der Waals surface area contributed by atoms with Gasteiger partial charge in [-0.15, -0.1) is 0 Å². The molecule has 0 heterocycles. The number of benzene rings is 2. The predicted molar refractivity (Wildman–Crippen MR) is 98.0 cm³/mol. The summed E-state index contributed by atoms with van der Waals surface area (Å²) in [4.78, 5) is 22.4. The topological polar surface area (TPSA) is 116 Å². The zero-order valence-electron chi connectivity index (χ0n) is 15.0. The molecule has 8 heteroatoms. The number of nitrogens with one attached hydrogen (secondary N) is 1. The molecule has 0 spiro atoms. The number of aliphatic hydroxyl groups is 2. The van der Waals surface area contributed by atoms with E-state index in [2.05, 4.69) is 5.32 Å². The van der Waals surface area contributed by atoms with Gasteiger partial charge in [-0.2, -0.15) is 0 Å². The number of halogens is 1. The third-order valence-electron chi connectivity index (χ3n) is 4.04. The fourth-order valence-corrected chi connectivity index (χ4v) is 2.55. The van der Waals surface area contributed by atoms with E-state index >= 15 is 0 Å². The molecule has 2 atom stereocenters. The molecule has 150 valence electrons. The summed E-state index contributed by atoms with van der Waals surface area (Å²) < 4.78 is 18.6. The Kier molecular flexibility index (Phi) is 7.91. The zero-order chi connectivity index (χ0) is 20.5. The van der Waals surface area contributed by atoms with Crippen LogP contribution in [0.3, 0.4) is 0 Å². The van der Waals surface area contributed by atoms with Crippen molar-refractivity contribution >= 4 is 12.1 Å². The third kappa shape index (κ3) is 6.64. The Morgan fingerprint density at radius 3 is 2.50 bits per heavy atom. The Balaban J connectivity index is 1.79. The minimum Gasteiger partial charge on any atom is -0.481 e. The van der Waals surface area contributed by atoms with Crippen LogP contribution in [0.15, 0.2) is 48.5 Å². The van der Waals surface area contributed by atoms with Crippen LogP contribution in [0.4, 0.5) is 9.18 Å². The fourth-order valence-electron chi connectivity index (χ4n) is 2.55. The zero-order valence-corrected chi connectivity index (χ0v) is 15.0. The van der Waals surface area contributed by atoms with Crippen molar-refractivity contribution in [3.05, 3.63) is 71.0 Å². The van der Waals surface area contributed by atoms with Gasteiger partial charge in [0.15, 0.2) is 0 Å². The maximum Gasteiger partial charge on any atom is 0.407 e. The summed E-state index contributed by atoms with van der Waals surface area (Å²) in [5.74, 6) is -1.90. The summed E-state index contributed by atoms with van der Waals surface area (Å²) in [5, 5.41) is 31.5. The molecule has 0 radical (unpaired) electrons. The summed E-state index contributed by atoms with van der Waals surface area (Å²) in [5.41, 5.74) is 0.942. The monoisotopic (exact) mass is 391 g/mol. The van der Waals surface area contributed by atoms with Crippen molar-refractivity contribution < 1.29 is 34.0 Å². The van der Waals surface area contributed by atoms with E-state index < -0.39 is 36.5 Å². The third-order valence-corrected chi connectivity index (χ3v) is 4.04. The molecule has 0 aromatic heterocycles. The van der Waals surface area contributed by atoms with E-state index in [1.165, 1.54) is 12.1 Å². The maximum atomic E-state index is 13.6. The van der Waals surface area contributed by atoms with Crippen molar-refractivity contribution in [2.45, 2.75) is 31.7 Å². The highest BCUT2D eigenvalue weighted by molar-refractivity contribution is 5.70. The van der Waals surface area contributed by atoms with Gasteiger partial charge in [-0.3, -0.25) is 4.79 Å². The number of aliphatic hydroxyl groups excluding tert-OH is 2. The van der Waals surface area contributed by atoms with Crippen molar-refractivity contribution in [2.24, 2.45) is 0 Å². The molecule has 4 N–H and O–H groups in total. The molecule has 0 bridgehead atoms. The van der Waals surface area contributed by atoms with Gasteiger partial charge in [0.25, 0.3) is 0 Å². The first-order valence-electron chi connectivity index (χ1n) is 8.67. The minimum absolute atomic E-state index is 0.0211. The van der Waals surface area contributed by atoms with Crippen LogP contribution in [0.5, 0.6) is 0 Å². The van der Waals surface area contributed by atoms with Gasteiger partial charge < -0.3 is 25.4 Å². The van der Waals surface area contributed by atoms with Crippen molar-refractivity contribution in [1.82, 2.24) is 5.32 Å². The number of carboxylic acid groups (broad SMARTS) is 1. The molecule has 1 amide bonds. The second kappa shape index (κ2) is 10.4. The smallest absolute Gasteiger partial charge is 0.407 e. The lowest BCUT2D eigenvalue weighted by Gasteiger charge is -2.19. The maximum absolute atomic E-state index is 13.6. The van der Waals surface area contributed by atoms with E-state index in [-0.39, 0.29) is 30.7 Å². The Morgan fingerprint density at radius 1 is 1.11 bits per heavy atom. The van der Waals surface area contributed by atoms with Gasteiger partial charge >= 0.3 is 12.1 Å². The van der Waals surface area contributed by atoms with E-state index in [1.807, 2.05) is 30.3 Å². The van der Waals surface area contributed by atoms with E-state index in [0.29, 0.717) is 0 Å². The van der Waals surface area contributed by atoms with E-state index in [0.717, 1.165) is 11.6 Å². The van der Waals surface area contributed by atoms with Gasteiger partial charge in [-0.1, -0.05) is 36.4 Å².